The zero-order chi connectivity index (χ0) is 18.6. The summed E-state index contributed by atoms with van der Waals surface area (Å²) in [4.78, 5) is 27.1. The quantitative estimate of drug-likeness (QED) is 0.186. The Morgan fingerprint density at radius 2 is 1.60 bits per heavy atom. The standard InChI is InChI=1S/C16H33N5O3.HI/c1-12(2)21-13(22)8-11-19-14(17-6)18-9-7-10-20-15(23)24-16(3,4)5;/h12H,7-11H2,1-6H3,(H,20,23)(H,21,22)(H2,17,18,19);1H. The number of ether oxygens (including phenoxy) is 1. The van der Waals surface area contributed by atoms with Crippen molar-refractivity contribution in [3.05, 3.63) is 0 Å². The maximum absolute atomic E-state index is 11.5. The molecule has 0 spiro atoms. The first-order valence-electron chi connectivity index (χ1n) is 8.34. The van der Waals surface area contributed by atoms with Crippen LogP contribution < -0.4 is 21.3 Å². The Labute approximate surface area is 168 Å². The second-order valence-corrected chi connectivity index (χ2v) is 6.68. The van der Waals surface area contributed by atoms with Gasteiger partial charge in [-0.3, -0.25) is 9.79 Å². The van der Waals surface area contributed by atoms with Crippen molar-refractivity contribution in [3.8, 4) is 0 Å². The number of carbonyl (C=O) groups excluding carboxylic acids is 2. The number of halogens is 1. The van der Waals surface area contributed by atoms with E-state index in [0.29, 0.717) is 32.0 Å². The largest absolute Gasteiger partial charge is 0.444 e. The molecule has 148 valence electrons. The SMILES string of the molecule is CN=C(NCCCNC(=O)OC(C)(C)C)NCCC(=O)NC(C)C.I. The van der Waals surface area contributed by atoms with Crippen LogP contribution in [-0.2, 0) is 9.53 Å². The molecular formula is C16H34IN5O3. The topological polar surface area (TPSA) is 104 Å². The van der Waals surface area contributed by atoms with Crippen molar-refractivity contribution in [2.45, 2.75) is 59.1 Å². The van der Waals surface area contributed by atoms with Crippen molar-refractivity contribution in [1.82, 2.24) is 21.3 Å². The second kappa shape index (κ2) is 14.0. The molecule has 4 N–H and O–H groups in total. The van der Waals surface area contributed by atoms with Gasteiger partial charge in [-0.05, 0) is 41.0 Å². The lowest BCUT2D eigenvalue weighted by molar-refractivity contribution is -0.121. The van der Waals surface area contributed by atoms with Crippen LogP contribution in [0.25, 0.3) is 0 Å². The lowest BCUT2D eigenvalue weighted by Gasteiger charge is -2.19. The summed E-state index contributed by atoms with van der Waals surface area (Å²) in [6, 6.07) is 0.146. The normalized spacial score (nSPS) is 11.4. The zero-order valence-corrected chi connectivity index (χ0v) is 18.5. The van der Waals surface area contributed by atoms with Crippen molar-refractivity contribution in [1.29, 1.82) is 0 Å². The highest BCUT2D eigenvalue weighted by atomic mass is 127. The number of carbonyl (C=O) groups is 2. The van der Waals surface area contributed by atoms with E-state index in [2.05, 4.69) is 26.3 Å². The number of aliphatic imine (C=N–C) groups is 1. The smallest absolute Gasteiger partial charge is 0.407 e. The molecule has 0 radical (unpaired) electrons. The molecule has 25 heavy (non-hydrogen) atoms. The van der Waals surface area contributed by atoms with Gasteiger partial charge in [0, 0.05) is 39.1 Å². The molecule has 2 amide bonds. The van der Waals surface area contributed by atoms with Crippen LogP contribution in [-0.4, -0.2) is 56.3 Å². The van der Waals surface area contributed by atoms with E-state index in [1.807, 2.05) is 34.6 Å². The van der Waals surface area contributed by atoms with Gasteiger partial charge in [0.15, 0.2) is 5.96 Å². The monoisotopic (exact) mass is 471 g/mol. The summed E-state index contributed by atoms with van der Waals surface area (Å²) in [7, 11) is 1.67. The molecule has 0 bridgehead atoms. The number of alkyl carbamates (subject to hydrolysis) is 1. The van der Waals surface area contributed by atoms with Gasteiger partial charge in [0.1, 0.15) is 5.60 Å². The lowest BCUT2D eigenvalue weighted by atomic mass is 10.2. The molecule has 0 aliphatic heterocycles. The number of rotatable bonds is 8. The fraction of sp³-hybridized carbons (Fsp3) is 0.812. The minimum Gasteiger partial charge on any atom is -0.444 e. The maximum Gasteiger partial charge on any atom is 0.407 e. The Kier molecular flexibility index (Phi) is 14.5. The Morgan fingerprint density at radius 1 is 1.04 bits per heavy atom. The summed E-state index contributed by atoms with van der Waals surface area (Å²) in [6.45, 7) is 11.0. The van der Waals surface area contributed by atoms with Gasteiger partial charge in [0.25, 0.3) is 0 Å². The number of guanidine groups is 1. The summed E-state index contributed by atoms with van der Waals surface area (Å²) in [5.74, 6) is 0.638. The van der Waals surface area contributed by atoms with Gasteiger partial charge in [-0.15, -0.1) is 24.0 Å². The number of amides is 2. The Hall–Kier alpha value is -1.26. The lowest BCUT2D eigenvalue weighted by Crippen LogP contribution is -2.41. The molecule has 0 atom stereocenters. The van der Waals surface area contributed by atoms with E-state index in [0.717, 1.165) is 6.42 Å². The highest BCUT2D eigenvalue weighted by Crippen LogP contribution is 2.06. The summed E-state index contributed by atoms with van der Waals surface area (Å²) < 4.78 is 5.15. The molecule has 0 saturated carbocycles. The van der Waals surface area contributed by atoms with Crippen molar-refractivity contribution in [2.75, 3.05) is 26.7 Å². The van der Waals surface area contributed by atoms with E-state index in [1.54, 1.807) is 7.05 Å². The van der Waals surface area contributed by atoms with Crippen LogP contribution in [0.3, 0.4) is 0 Å². The average molecular weight is 471 g/mol. The average Bonchev–Trinajstić information content (AvgIpc) is 2.42. The predicted molar refractivity (Wildman–Crippen MR) is 112 cm³/mol. The number of nitrogens with one attached hydrogen (secondary N) is 4. The summed E-state index contributed by atoms with van der Waals surface area (Å²) in [5.41, 5.74) is -0.490. The van der Waals surface area contributed by atoms with Crippen LogP contribution in [0.1, 0.15) is 47.5 Å². The van der Waals surface area contributed by atoms with Crippen molar-refractivity contribution < 1.29 is 14.3 Å². The van der Waals surface area contributed by atoms with Crippen LogP contribution in [0.15, 0.2) is 4.99 Å². The number of nitrogens with zero attached hydrogens (tertiary/aromatic N) is 1. The van der Waals surface area contributed by atoms with Gasteiger partial charge in [-0.25, -0.2) is 4.79 Å². The summed E-state index contributed by atoms with van der Waals surface area (Å²) in [5, 5.41) is 11.7. The highest BCUT2D eigenvalue weighted by Gasteiger charge is 2.15. The van der Waals surface area contributed by atoms with E-state index in [1.165, 1.54) is 0 Å². The number of hydrogen-bond acceptors (Lipinski definition) is 4. The van der Waals surface area contributed by atoms with Crippen LogP contribution in [0.2, 0.25) is 0 Å². The maximum atomic E-state index is 11.5. The molecule has 0 heterocycles. The molecular weight excluding hydrogens is 437 g/mol. The Bertz CT molecular complexity index is 422. The molecule has 0 aliphatic carbocycles. The molecule has 0 aromatic carbocycles. The molecule has 0 aliphatic rings. The molecule has 0 unspecified atom stereocenters. The third-order valence-corrected chi connectivity index (χ3v) is 2.63. The van der Waals surface area contributed by atoms with E-state index >= 15 is 0 Å². The Morgan fingerprint density at radius 3 is 2.12 bits per heavy atom. The fourth-order valence-corrected chi connectivity index (χ4v) is 1.71. The van der Waals surface area contributed by atoms with E-state index in [-0.39, 0.29) is 35.9 Å². The number of hydrogen-bond donors (Lipinski definition) is 4. The Balaban J connectivity index is 0. The first-order chi connectivity index (χ1) is 11.1. The first kappa shape index (κ1) is 26.0. The molecule has 9 heteroatoms. The van der Waals surface area contributed by atoms with Crippen LogP contribution in [0, 0.1) is 0 Å². The third-order valence-electron chi connectivity index (χ3n) is 2.63. The van der Waals surface area contributed by atoms with Gasteiger partial charge in [-0.2, -0.15) is 0 Å². The van der Waals surface area contributed by atoms with Gasteiger partial charge in [-0.1, -0.05) is 0 Å². The first-order valence-corrected chi connectivity index (χ1v) is 8.34. The molecule has 0 saturated heterocycles. The highest BCUT2D eigenvalue weighted by molar-refractivity contribution is 14.0. The van der Waals surface area contributed by atoms with Gasteiger partial charge in [0.2, 0.25) is 5.91 Å². The van der Waals surface area contributed by atoms with Crippen LogP contribution in [0.5, 0.6) is 0 Å². The van der Waals surface area contributed by atoms with Gasteiger partial charge < -0.3 is 26.0 Å². The minimum atomic E-state index is -0.490. The second-order valence-electron chi connectivity index (χ2n) is 6.68. The fourth-order valence-electron chi connectivity index (χ4n) is 1.71. The minimum absolute atomic E-state index is 0. The van der Waals surface area contributed by atoms with E-state index in [9.17, 15) is 9.59 Å². The van der Waals surface area contributed by atoms with E-state index < -0.39 is 11.7 Å². The van der Waals surface area contributed by atoms with E-state index in [4.69, 9.17) is 4.74 Å². The molecule has 0 aromatic heterocycles. The van der Waals surface area contributed by atoms with Gasteiger partial charge in [0.05, 0.1) is 0 Å². The van der Waals surface area contributed by atoms with Crippen molar-refractivity contribution in [3.63, 3.8) is 0 Å². The zero-order valence-electron chi connectivity index (χ0n) is 16.2. The van der Waals surface area contributed by atoms with Crippen molar-refractivity contribution in [2.24, 2.45) is 4.99 Å². The summed E-state index contributed by atoms with van der Waals surface area (Å²) in [6.07, 6.45) is 0.702. The molecule has 0 aromatic rings. The third kappa shape index (κ3) is 17.4. The van der Waals surface area contributed by atoms with Crippen LogP contribution in [0.4, 0.5) is 4.79 Å². The molecule has 0 fully saturated rings. The molecule has 8 nitrogen and oxygen atoms in total. The van der Waals surface area contributed by atoms with Crippen LogP contribution >= 0.6 is 24.0 Å². The predicted octanol–water partition coefficient (Wildman–Crippen LogP) is 1.60. The van der Waals surface area contributed by atoms with Crippen molar-refractivity contribution >= 4 is 41.9 Å². The van der Waals surface area contributed by atoms with Gasteiger partial charge >= 0.3 is 6.09 Å². The summed E-state index contributed by atoms with van der Waals surface area (Å²) >= 11 is 0. The molecule has 0 rings (SSSR count).